The van der Waals surface area contributed by atoms with E-state index in [1.165, 1.54) is 24.0 Å². The Morgan fingerprint density at radius 2 is 2.15 bits per heavy atom. The summed E-state index contributed by atoms with van der Waals surface area (Å²) in [5.41, 5.74) is 2.81. The highest BCUT2D eigenvalue weighted by atomic mass is 16.5. The van der Waals surface area contributed by atoms with Crippen molar-refractivity contribution in [2.24, 2.45) is 0 Å². The fourth-order valence-corrected chi connectivity index (χ4v) is 2.75. The molecule has 0 spiro atoms. The Kier molecular flexibility index (Phi) is 3.92. The highest BCUT2D eigenvalue weighted by Gasteiger charge is 2.28. The number of carboxylic acid groups (broad SMARTS) is 1. The van der Waals surface area contributed by atoms with E-state index >= 15 is 0 Å². The number of ether oxygens (including phenoxy) is 1. The zero-order valence-corrected chi connectivity index (χ0v) is 11.6. The van der Waals surface area contributed by atoms with Crippen LogP contribution in [0, 0.1) is 0 Å². The minimum Gasteiger partial charge on any atom is -0.494 e. The van der Waals surface area contributed by atoms with Gasteiger partial charge in [0, 0.05) is 12.5 Å². The minimum atomic E-state index is -0.783. The number of carboxylic acids is 1. The molecular formula is C16H21NO3. The lowest BCUT2D eigenvalue weighted by atomic mass is 10.1. The lowest BCUT2D eigenvalue weighted by Gasteiger charge is -2.14. The molecule has 2 aliphatic rings. The van der Waals surface area contributed by atoms with Crippen LogP contribution in [0.25, 0.3) is 0 Å². The normalized spacial score (nSPS) is 18.6. The number of fused-ring (bicyclic) bond motifs is 1. The summed E-state index contributed by atoms with van der Waals surface area (Å²) in [6.07, 6.45) is 6.22. The van der Waals surface area contributed by atoms with E-state index in [1.807, 2.05) is 6.07 Å². The van der Waals surface area contributed by atoms with Crippen LogP contribution in [0.2, 0.25) is 0 Å². The third-order valence-corrected chi connectivity index (χ3v) is 4.06. The van der Waals surface area contributed by atoms with Crippen LogP contribution in [0.1, 0.15) is 36.8 Å². The first-order valence-corrected chi connectivity index (χ1v) is 7.46. The van der Waals surface area contributed by atoms with Crippen molar-refractivity contribution in [1.29, 1.82) is 0 Å². The quantitative estimate of drug-likeness (QED) is 0.800. The Bertz CT molecular complexity index is 496. The van der Waals surface area contributed by atoms with Crippen molar-refractivity contribution in [2.45, 2.75) is 50.6 Å². The van der Waals surface area contributed by atoms with E-state index in [0.29, 0.717) is 19.1 Å². The van der Waals surface area contributed by atoms with Gasteiger partial charge in [0.15, 0.2) is 0 Å². The lowest BCUT2D eigenvalue weighted by molar-refractivity contribution is -0.139. The SMILES string of the molecule is O=C(O)C(CCOc1ccc2c(c1)CCC2)NC1CC1. The van der Waals surface area contributed by atoms with Crippen LogP contribution in [0.4, 0.5) is 0 Å². The van der Waals surface area contributed by atoms with Gasteiger partial charge < -0.3 is 15.2 Å². The molecule has 0 saturated heterocycles. The molecule has 20 heavy (non-hydrogen) atoms. The van der Waals surface area contributed by atoms with Crippen LogP contribution in [0.5, 0.6) is 5.75 Å². The first kappa shape index (κ1) is 13.4. The molecule has 1 fully saturated rings. The van der Waals surface area contributed by atoms with Gasteiger partial charge in [-0.2, -0.15) is 0 Å². The average Bonchev–Trinajstić information content (AvgIpc) is 3.12. The molecule has 0 aromatic heterocycles. The van der Waals surface area contributed by atoms with Crippen molar-refractivity contribution in [1.82, 2.24) is 5.32 Å². The molecule has 1 aromatic carbocycles. The van der Waals surface area contributed by atoms with Crippen LogP contribution < -0.4 is 10.1 Å². The second-order valence-corrected chi connectivity index (χ2v) is 5.75. The molecule has 2 aliphatic carbocycles. The standard InChI is InChI=1S/C16H21NO3/c18-16(19)15(17-13-5-6-13)8-9-20-14-7-4-11-2-1-3-12(11)10-14/h4,7,10,13,15,17H,1-3,5-6,8-9H2,(H,18,19). The largest absolute Gasteiger partial charge is 0.494 e. The summed E-state index contributed by atoms with van der Waals surface area (Å²) in [5.74, 6) is 0.0793. The van der Waals surface area contributed by atoms with Crippen molar-refractivity contribution in [3.05, 3.63) is 29.3 Å². The van der Waals surface area contributed by atoms with E-state index in [1.54, 1.807) is 0 Å². The summed E-state index contributed by atoms with van der Waals surface area (Å²) in [6.45, 7) is 0.440. The second kappa shape index (κ2) is 5.83. The van der Waals surface area contributed by atoms with Crippen molar-refractivity contribution in [3.63, 3.8) is 0 Å². The Labute approximate surface area is 119 Å². The Balaban J connectivity index is 1.49. The summed E-state index contributed by atoms with van der Waals surface area (Å²) in [4.78, 5) is 11.1. The number of hydrogen-bond acceptors (Lipinski definition) is 3. The summed E-state index contributed by atoms with van der Waals surface area (Å²) >= 11 is 0. The number of carbonyl (C=O) groups is 1. The van der Waals surface area contributed by atoms with Gasteiger partial charge in [-0.05, 0) is 55.4 Å². The number of aliphatic carboxylic acids is 1. The molecule has 1 unspecified atom stereocenters. The Morgan fingerprint density at radius 3 is 2.90 bits per heavy atom. The van der Waals surface area contributed by atoms with Gasteiger partial charge >= 0.3 is 5.97 Å². The second-order valence-electron chi connectivity index (χ2n) is 5.75. The molecule has 0 bridgehead atoms. The maximum absolute atomic E-state index is 11.1. The number of hydrogen-bond donors (Lipinski definition) is 2. The first-order chi connectivity index (χ1) is 9.72. The number of rotatable bonds is 7. The van der Waals surface area contributed by atoms with Gasteiger partial charge in [0.2, 0.25) is 0 Å². The van der Waals surface area contributed by atoms with Gasteiger partial charge in [0.25, 0.3) is 0 Å². The monoisotopic (exact) mass is 275 g/mol. The van der Waals surface area contributed by atoms with Crippen molar-refractivity contribution >= 4 is 5.97 Å². The van der Waals surface area contributed by atoms with Gasteiger partial charge in [-0.3, -0.25) is 4.79 Å². The molecule has 0 heterocycles. The van der Waals surface area contributed by atoms with Gasteiger partial charge in [0.05, 0.1) is 6.61 Å². The molecule has 1 atom stereocenters. The van der Waals surface area contributed by atoms with Crippen LogP contribution in [0.15, 0.2) is 18.2 Å². The van der Waals surface area contributed by atoms with Crippen LogP contribution in [-0.2, 0) is 17.6 Å². The molecular weight excluding hydrogens is 254 g/mol. The number of benzene rings is 1. The third-order valence-electron chi connectivity index (χ3n) is 4.06. The van der Waals surface area contributed by atoms with Crippen LogP contribution in [-0.4, -0.2) is 29.8 Å². The van der Waals surface area contributed by atoms with Crippen molar-refractivity contribution in [2.75, 3.05) is 6.61 Å². The maximum Gasteiger partial charge on any atom is 0.320 e. The summed E-state index contributed by atoms with van der Waals surface area (Å²) in [5, 5.41) is 12.3. The van der Waals surface area contributed by atoms with Crippen molar-refractivity contribution in [3.8, 4) is 5.75 Å². The van der Waals surface area contributed by atoms with Gasteiger partial charge in [0.1, 0.15) is 11.8 Å². The average molecular weight is 275 g/mol. The van der Waals surface area contributed by atoms with E-state index in [0.717, 1.165) is 25.0 Å². The fraction of sp³-hybridized carbons (Fsp3) is 0.562. The van der Waals surface area contributed by atoms with E-state index < -0.39 is 12.0 Å². The molecule has 2 N–H and O–H groups in total. The van der Waals surface area contributed by atoms with Crippen LogP contribution in [0.3, 0.4) is 0 Å². The molecule has 1 aromatic rings. The van der Waals surface area contributed by atoms with E-state index in [4.69, 9.17) is 9.84 Å². The summed E-state index contributed by atoms with van der Waals surface area (Å²) < 4.78 is 5.71. The predicted octanol–water partition coefficient (Wildman–Crippen LogP) is 2.15. The molecule has 108 valence electrons. The first-order valence-electron chi connectivity index (χ1n) is 7.46. The van der Waals surface area contributed by atoms with Gasteiger partial charge in [-0.15, -0.1) is 0 Å². The highest BCUT2D eigenvalue weighted by Crippen LogP contribution is 2.26. The zero-order valence-electron chi connectivity index (χ0n) is 11.6. The maximum atomic E-state index is 11.1. The Hall–Kier alpha value is -1.55. The molecule has 4 nitrogen and oxygen atoms in total. The van der Waals surface area contributed by atoms with Gasteiger partial charge in [-0.25, -0.2) is 0 Å². The lowest BCUT2D eigenvalue weighted by Crippen LogP contribution is -2.39. The highest BCUT2D eigenvalue weighted by molar-refractivity contribution is 5.73. The minimum absolute atomic E-state index is 0.399. The zero-order chi connectivity index (χ0) is 13.9. The smallest absolute Gasteiger partial charge is 0.320 e. The van der Waals surface area contributed by atoms with E-state index in [9.17, 15) is 4.79 Å². The van der Waals surface area contributed by atoms with Crippen molar-refractivity contribution < 1.29 is 14.6 Å². The number of nitrogens with one attached hydrogen (secondary N) is 1. The predicted molar refractivity (Wildman–Crippen MR) is 76.2 cm³/mol. The topological polar surface area (TPSA) is 58.6 Å². The summed E-state index contributed by atoms with van der Waals surface area (Å²) in [6, 6.07) is 6.14. The molecule has 0 radical (unpaired) electrons. The van der Waals surface area contributed by atoms with Gasteiger partial charge in [-0.1, -0.05) is 6.07 Å². The van der Waals surface area contributed by atoms with Crippen LogP contribution >= 0.6 is 0 Å². The van der Waals surface area contributed by atoms with E-state index in [-0.39, 0.29) is 0 Å². The molecule has 4 heteroatoms. The summed E-state index contributed by atoms with van der Waals surface area (Å²) in [7, 11) is 0. The molecule has 0 aliphatic heterocycles. The number of aryl methyl sites for hydroxylation is 2. The fourth-order valence-electron chi connectivity index (χ4n) is 2.75. The molecule has 3 rings (SSSR count). The molecule has 1 saturated carbocycles. The Morgan fingerprint density at radius 1 is 1.35 bits per heavy atom. The third kappa shape index (κ3) is 3.31. The molecule has 0 amide bonds. The van der Waals surface area contributed by atoms with E-state index in [2.05, 4.69) is 17.4 Å².